The molecule has 0 spiro atoms. The second-order valence-electron chi connectivity index (χ2n) is 18.6. The van der Waals surface area contributed by atoms with E-state index in [0.29, 0.717) is 23.0 Å². The van der Waals surface area contributed by atoms with Gasteiger partial charge in [0.05, 0.1) is 0 Å². The molecule has 0 aromatic heterocycles. The van der Waals surface area contributed by atoms with E-state index in [2.05, 4.69) is 151 Å². The number of hydrogen-bond donors (Lipinski definition) is 2. The van der Waals surface area contributed by atoms with Gasteiger partial charge in [-0.05, 0) is 111 Å². The maximum absolute atomic E-state index is 11.5. The van der Waals surface area contributed by atoms with E-state index in [-0.39, 0.29) is 27.7 Å². The SMILES string of the molecule is CC.CC.CC(C)(C)c1cc(-c2ccccc2)c(O)c(-c2cc(C(C)(C)C)cc(C(C)(C)C)c2O)c1.CCc1ccccc1CC(C)C(C)Cc1ccccc1CC. The van der Waals surface area contributed by atoms with Gasteiger partial charge in [-0.3, -0.25) is 0 Å². The highest BCUT2D eigenvalue weighted by atomic mass is 16.3. The minimum Gasteiger partial charge on any atom is -0.507 e. The number of benzene rings is 5. The standard InChI is InChI=1S/C30H38O2.C22H30.2C2H6/c1-28(2,3)20-15-22(19-13-11-10-12-14-19)26(31)23(16-20)24-17-21(29(4,5)6)18-25(27(24)32)30(7,8)9;1-5-19-11-7-9-13-21(19)15-17(3)18(4)16-22-14-10-8-12-20(22)6-2;2*1-2/h10-18,31-32H,1-9H3;7-14,17-18H,5-6,15-16H2,1-4H3;2*1-2H3. The van der Waals surface area contributed by atoms with E-state index in [1.54, 1.807) is 0 Å². The number of hydrogen-bond acceptors (Lipinski definition) is 2. The van der Waals surface area contributed by atoms with E-state index in [1.807, 2.05) is 70.2 Å². The molecule has 0 bridgehead atoms. The number of aryl methyl sites for hydroxylation is 2. The highest BCUT2D eigenvalue weighted by molar-refractivity contribution is 5.86. The Labute approximate surface area is 356 Å². The molecule has 0 aliphatic heterocycles. The van der Waals surface area contributed by atoms with Gasteiger partial charge >= 0.3 is 0 Å². The zero-order chi connectivity index (χ0) is 44.0. The lowest BCUT2D eigenvalue weighted by Crippen LogP contribution is -2.17. The maximum atomic E-state index is 11.5. The Hall–Kier alpha value is -4.30. The molecule has 0 amide bonds. The molecule has 0 fully saturated rings. The van der Waals surface area contributed by atoms with Crippen molar-refractivity contribution in [3.8, 4) is 33.8 Å². The Morgan fingerprint density at radius 3 is 1.16 bits per heavy atom. The fourth-order valence-corrected chi connectivity index (χ4v) is 7.25. The molecular weight excluding hydrogens is 705 g/mol. The van der Waals surface area contributed by atoms with Gasteiger partial charge in [0.2, 0.25) is 0 Å². The summed E-state index contributed by atoms with van der Waals surface area (Å²) in [5.41, 5.74) is 11.9. The van der Waals surface area contributed by atoms with Crippen molar-refractivity contribution in [1.29, 1.82) is 0 Å². The molecule has 0 heterocycles. The molecule has 2 N–H and O–H groups in total. The van der Waals surface area contributed by atoms with Crippen molar-refractivity contribution in [1.82, 2.24) is 0 Å². The summed E-state index contributed by atoms with van der Waals surface area (Å²) in [7, 11) is 0. The first-order valence-electron chi connectivity index (χ1n) is 22.2. The van der Waals surface area contributed by atoms with Crippen LogP contribution in [0.5, 0.6) is 11.5 Å². The molecule has 5 rings (SSSR count). The number of phenols is 2. The van der Waals surface area contributed by atoms with E-state index in [1.165, 1.54) is 35.1 Å². The van der Waals surface area contributed by atoms with Crippen molar-refractivity contribution in [3.05, 3.63) is 142 Å². The van der Waals surface area contributed by atoms with Crippen LogP contribution in [0.2, 0.25) is 0 Å². The van der Waals surface area contributed by atoms with Crippen LogP contribution in [-0.4, -0.2) is 10.2 Å². The lowest BCUT2D eigenvalue weighted by molar-refractivity contribution is 0.382. The van der Waals surface area contributed by atoms with Crippen molar-refractivity contribution in [2.75, 3.05) is 0 Å². The first-order valence-corrected chi connectivity index (χ1v) is 22.2. The molecular formula is C56H80O2. The van der Waals surface area contributed by atoms with Crippen LogP contribution in [0.4, 0.5) is 0 Å². The fraction of sp³-hybridized carbons (Fsp3) is 0.464. The second kappa shape index (κ2) is 22.2. The third kappa shape index (κ3) is 13.4. The van der Waals surface area contributed by atoms with Gasteiger partial charge in [-0.25, -0.2) is 0 Å². The summed E-state index contributed by atoms with van der Waals surface area (Å²) in [6, 6.07) is 36.1. The van der Waals surface area contributed by atoms with Crippen molar-refractivity contribution in [2.24, 2.45) is 11.8 Å². The van der Waals surface area contributed by atoms with E-state index >= 15 is 0 Å². The van der Waals surface area contributed by atoms with Gasteiger partial charge < -0.3 is 10.2 Å². The molecule has 0 aliphatic carbocycles. The summed E-state index contributed by atoms with van der Waals surface area (Å²) in [5, 5.41) is 22.9. The minimum atomic E-state index is -0.236. The minimum absolute atomic E-state index is 0.0953. The molecule has 2 unspecified atom stereocenters. The quantitative estimate of drug-likeness (QED) is 0.156. The van der Waals surface area contributed by atoms with Crippen LogP contribution in [-0.2, 0) is 41.9 Å². The first-order chi connectivity index (χ1) is 27.3. The summed E-state index contributed by atoms with van der Waals surface area (Å²) in [6.07, 6.45) is 4.66. The number of phenolic OH excluding ortho intramolecular Hbond substituents is 2. The average Bonchev–Trinajstić information content (AvgIpc) is 3.19. The second-order valence-corrected chi connectivity index (χ2v) is 18.6. The van der Waals surface area contributed by atoms with Crippen molar-refractivity contribution in [3.63, 3.8) is 0 Å². The van der Waals surface area contributed by atoms with Crippen LogP contribution >= 0.6 is 0 Å². The van der Waals surface area contributed by atoms with Gasteiger partial charge in [0.1, 0.15) is 11.5 Å². The summed E-state index contributed by atoms with van der Waals surface area (Å²) in [5.74, 6) is 1.85. The smallest absolute Gasteiger partial charge is 0.131 e. The molecule has 0 aliphatic rings. The monoisotopic (exact) mass is 785 g/mol. The van der Waals surface area contributed by atoms with E-state index in [0.717, 1.165) is 40.7 Å². The van der Waals surface area contributed by atoms with Crippen LogP contribution in [0.3, 0.4) is 0 Å². The van der Waals surface area contributed by atoms with Gasteiger partial charge in [-0.2, -0.15) is 0 Å². The molecule has 2 atom stereocenters. The predicted octanol–water partition coefficient (Wildman–Crippen LogP) is 16.2. The fourth-order valence-electron chi connectivity index (χ4n) is 7.25. The predicted molar refractivity (Wildman–Crippen MR) is 257 cm³/mol. The molecule has 58 heavy (non-hydrogen) atoms. The van der Waals surface area contributed by atoms with Crippen molar-refractivity contribution in [2.45, 2.75) is 160 Å². The molecule has 0 radical (unpaired) electrons. The van der Waals surface area contributed by atoms with E-state index in [9.17, 15) is 10.2 Å². The summed E-state index contributed by atoms with van der Waals surface area (Å²) >= 11 is 0. The molecule has 0 saturated heterocycles. The Morgan fingerprint density at radius 1 is 0.431 bits per heavy atom. The Morgan fingerprint density at radius 2 is 0.776 bits per heavy atom. The Bertz CT molecular complexity index is 1930. The molecule has 2 heteroatoms. The summed E-state index contributed by atoms with van der Waals surface area (Å²) < 4.78 is 0. The van der Waals surface area contributed by atoms with Gasteiger partial charge in [-0.15, -0.1) is 0 Å². The number of rotatable bonds is 9. The van der Waals surface area contributed by atoms with Gasteiger partial charge in [-0.1, -0.05) is 203 Å². The third-order valence-corrected chi connectivity index (χ3v) is 11.2. The van der Waals surface area contributed by atoms with Gasteiger partial charge in [0.25, 0.3) is 0 Å². The topological polar surface area (TPSA) is 40.5 Å². The first kappa shape index (κ1) is 49.8. The van der Waals surface area contributed by atoms with Gasteiger partial charge in [0, 0.05) is 22.3 Å². The highest BCUT2D eigenvalue weighted by Gasteiger charge is 2.28. The zero-order valence-electron chi connectivity index (χ0n) is 39.7. The van der Waals surface area contributed by atoms with Gasteiger partial charge in [0.15, 0.2) is 0 Å². The largest absolute Gasteiger partial charge is 0.507 e. The molecule has 0 saturated carbocycles. The zero-order valence-corrected chi connectivity index (χ0v) is 39.7. The van der Waals surface area contributed by atoms with Crippen LogP contribution in [0.15, 0.2) is 103 Å². The summed E-state index contributed by atoms with van der Waals surface area (Å²) in [4.78, 5) is 0. The van der Waals surface area contributed by atoms with Crippen molar-refractivity contribution >= 4 is 0 Å². The Kier molecular flexibility index (Phi) is 19.1. The lowest BCUT2D eigenvalue weighted by Gasteiger charge is -2.28. The molecule has 5 aromatic rings. The van der Waals surface area contributed by atoms with Crippen LogP contribution < -0.4 is 0 Å². The summed E-state index contributed by atoms with van der Waals surface area (Å²) in [6.45, 7) is 36.7. The molecule has 2 nitrogen and oxygen atoms in total. The Balaban J connectivity index is 0.000000390. The average molecular weight is 785 g/mol. The molecule has 316 valence electrons. The highest BCUT2D eigenvalue weighted by Crippen LogP contribution is 2.48. The van der Waals surface area contributed by atoms with E-state index < -0.39 is 0 Å². The van der Waals surface area contributed by atoms with Crippen LogP contribution in [0.25, 0.3) is 22.3 Å². The lowest BCUT2D eigenvalue weighted by atomic mass is 9.77. The normalized spacial score (nSPS) is 12.5. The molecule has 5 aromatic carbocycles. The maximum Gasteiger partial charge on any atom is 0.131 e. The van der Waals surface area contributed by atoms with E-state index in [4.69, 9.17) is 0 Å². The van der Waals surface area contributed by atoms with Crippen molar-refractivity contribution < 1.29 is 10.2 Å². The third-order valence-electron chi connectivity index (χ3n) is 11.2. The number of aromatic hydroxyl groups is 2. The van der Waals surface area contributed by atoms with Crippen LogP contribution in [0.1, 0.15) is 157 Å². The van der Waals surface area contributed by atoms with Crippen LogP contribution in [0, 0.1) is 11.8 Å².